The highest BCUT2D eigenvalue weighted by atomic mass is 35.5. The van der Waals surface area contributed by atoms with Crippen LogP contribution in [0.2, 0.25) is 5.02 Å². The van der Waals surface area contributed by atoms with Crippen LogP contribution in [-0.2, 0) is 9.53 Å². The lowest BCUT2D eigenvalue weighted by molar-refractivity contribution is -0.143. The zero-order valence-corrected chi connectivity index (χ0v) is 23.2. The van der Waals surface area contributed by atoms with Gasteiger partial charge >= 0.3 is 5.97 Å². The number of pyridine rings is 1. The van der Waals surface area contributed by atoms with E-state index in [0.29, 0.717) is 31.1 Å². The Bertz CT molecular complexity index is 1120. The summed E-state index contributed by atoms with van der Waals surface area (Å²) in [7, 11) is 1.66. The minimum atomic E-state index is -0.0924. The number of nitrogens with zero attached hydrogens (tertiary/aromatic N) is 1. The predicted molar refractivity (Wildman–Crippen MR) is 155 cm³/mol. The number of nitrogens with one attached hydrogen (secondary N) is 2. The summed E-state index contributed by atoms with van der Waals surface area (Å²) in [5.74, 6) is 0.693. The summed E-state index contributed by atoms with van der Waals surface area (Å²) in [5, 5.41) is 9.56. The highest BCUT2D eigenvalue weighted by Gasteiger charge is 2.11. The van der Waals surface area contributed by atoms with Crippen LogP contribution in [0.5, 0.6) is 5.75 Å². The molecule has 0 saturated heterocycles. The molecule has 2 N–H and O–H groups in total. The number of carbonyl (C=O) groups is 1. The van der Waals surface area contributed by atoms with Crippen molar-refractivity contribution in [1.29, 1.82) is 0 Å². The molecule has 0 atom stereocenters. The van der Waals surface area contributed by atoms with E-state index in [4.69, 9.17) is 26.1 Å². The van der Waals surface area contributed by atoms with E-state index in [2.05, 4.69) is 17.6 Å². The Hall–Kier alpha value is -2.57. The van der Waals surface area contributed by atoms with E-state index in [0.717, 1.165) is 52.6 Å². The van der Waals surface area contributed by atoms with Crippen LogP contribution in [0.3, 0.4) is 0 Å². The number of anilines is 1. The fourth-order valence-corrected chi connectivity index (χ4v) is 4.67. The number of benzene rings is 2. The molecule has 0 radical (unpaired) electrons. The van der Waals surface area contributed by atoms with Crippen molar-refractivity contribution >= 4 is 45.1 Å². The number of fused-ring (bicyclic) bond motifs is 2. The highest BCUT2D eigenvalue weighted by molar-refractivity contribution is 6.31. The molecule has 3 aromatic rings. The van der Waals surface area contributed by atoms with Crippen LogP contribution in [0, 0.1) is 0 Å². The van der Waals surface area contributed by atoms with Crippen LogP contribution in [0.4, 0.5) is 5.69 Å². The van der Waals surface area contributed by atoms with E-state index < -0.39 is 0 Å². The number of hydrogen-bond donors (Lipinski definition) is 2. The number of methoxy groups -OCH3 is 1. The molecule has 1 aromatic heterocycles. The molecular formula is C30H42ClN3O3. The summed E-state index contributed by atoms with van der Waals surface area (Å²) in [4.78, 5) is 16.7. The van der Waals surface area contributed by atoms with Crippen LogP contribution in [0.25, 0.3) is 21.8 Å². The Morgan fingerprint density at radius 3 is 2.38 bits per heavy atom. The zero-order chi connectivity index (χ0) is 26.3. The smallest absolute Gasteiger partial charge is 0.305 e. The van der Waals surface area contributed by atoms with Gasteiger partial charge in [-0.05, 0) is 42.8 Å². The summed E-state index contributed by atoms with van der Waals surface area (Å²) >= 11 is 6.21. The van der Waals surface area contributed by atoms with Gasteiger partial charge in [0.15, 0.2) is 0 Å². The average molecular weight is 528 g/mol. The van der Waals surface area contributed by atoms with Gasteiger partial charge in [0.25, 0.3) is 0 Å². The molecule has 2 aromatic carbocycles. The SMILES string of the molecule is CCCCCCCCCCCC(=O)OCCNCCNc1c2ccc(Cl)cc2nc2ccc(OC)cc12. The maximum Gasteiger partial charge on any atom is 0.305 e. The Morgan fingerprint density at radius 2 is 1.62 bits per heavy atom. The molecule has 0 aliphatic heterocycles. The van der Waals surface area contributed by atoms with Gasteiger partial charge in [0, 0.05) is 41.9 Å². The fourth-order valence-electron chi connectivity index (χ4n) is 4.50. The van der Waals surface area contributed by atoms with Gasteiger partial charge in [-0.15, -0.1) is 0 Å². The molecule has 0 bridgehead atoms. The third kappa shape index (κ3) is 9.67. The van der Waals surface area contributed by atoms with Crippen LogP contribution in [0.15, 0.2) is 36.4 Å². The second-order valence-corrected chi connectivity index (χ2v) is 9.94. The van der Waals surface area contributed by atoms with Gasteiger partial charge in [0.1, 0.15) is 12.4 Å². The molecule has 0 spiro atoms. The number of hydrogen-bond acceptors (Lipinski definition) is 6. The van der Waals surface area contributed by atoms with Crippen LogP contribution >= 0.6 is 11.6 Å². The number of carbonyl (C=O) groups excluding carboxylic acids is 1. The number of halogens is 1. The Morgan fingerprint density at radius 1 is 0.865 bits per heavy atom. The van der Waals surface area contributed by atoms with Gasteiger partial charge in [0.05, 0.1) is 23.8 Å². The Labute approximate surface area is 226 Å². The maximum atomic E-state index is 12.0. The van der Waals surface area contributed by atoms with Crippen molar-refractivity contribution in [3.05, 3.63) is 41.4 Å². The van der Waals surface area contributed by atoms with Crippen molar-refractivity contribution in [3.8, 4) is 5.75 Å². The lowest BCUT2D eigenvalue weighted by Gasteiger charge is -2.15. The van der Waals surface area contributed by atoms with Crippen molar-refractivity contribution in [1.82, 2.24) is 10.3 Å². The Balaban J connectivity index is 1.34. The zero-order valence-electron chi connectivity index (χ0n) is 22.4. The first kappa shape index (κ1) is 29.0. The predicted octanol–water partition coefficient (Wildman–Crippen LogP) is 7.52. The van der Waals surface area contributed by atoms with E-state index in [9.17, 15) is 4.79 Å². The van der Waals surface area contributed by atoms with E-state index >= 15 is 0 Å². The van der Waals surface area contributed by atoms with E-state index in [1.165, 1.54) is 44.9 Å². The van der Waals surface area contributed by atoms with Gasteiger partial charge in [-0.1, -0.05) is 69.9 Å². The number of unbranched alkanes of at least 4 members (excludes halogenated alkanes) is 8. The molecule has 0 aliphatic rings. The van der Waals surface area contributed by atoms with Crippen molar-refractivity contribution in [3.63, 3.8) is 0 Å². The molecule has 0 fully saturated rings. The van der Waals surface area contributed by atoms with E-state index in [1.807, 2.05) is 36.4 Å². The maximum absolute atomic E-state index is 12.0. The lowest BCUT2D eigenvalue weighted by atomic mass is 10.1. The lowest BCUT2D eigenvalue weighted by Crippen LogP contribution is -2.26. The fraction of sp³-hybridized carbons (Fsp3) is 0.533. The monoisotopic (exact) mass is 527 g/mol. The topological polar surface area (TPSA) is 72.5 Å². The van der Waals surface area contributed by atoms with Gasteiger partial charge < -0.3 is 20.1 Å². The first-order chi connectivity index (χ1) is 18.1. The molecule has 6 nitrogen and oxygen atoms in total. The highest BCUT2D eigenvalue weighted by Crippen LogP contribution is 2.34. The molecule has 202 valence electrons. The van der Waals surface area contributed by atoms with Gasteiger partial charge in [0.2, 0.25) is 0 Å². The first-order valence-corrected chi connectivity index (χ1v) is 14.2. The normalized spacial score (nSPS) is 11.2. The van der Waals surface area contributed by atoms with E-state index in [-0.39, 0.29) is 5.97 Å². The van der Waals surface area contributed by atoms with Crippen molar-refractivity contribution in [2.24, 2.45) is 0 Å². The number of ether oxygens (including phenoxy) is 2. The van der Waals surface area contributed by atoms with Crippen molar-refractivity contribution in [2.45, 2.75) is 71.1 Å². The molecule has 37 heavy (non-hydrogen) atoms. The van der Waals surface area contributed by atoms with Crippen LogP contribution in [-0.4, -0.2) is 44.3 Å². The van der Waals surface area contributed by atoms with Crippen LogP contribution in [0.1, 0.15) is 71.1 Å². The van der Waals surface area contributed by atoms with Crippen LogP contribution < -0.4 is 15.4 Å². The molecule has 7 heteroatoms. The first-order valence-electron chi connectivity index (χ1n) is 13.8. The number of aromatic nitrogens is 1. The number of rotatable bonds is 18. The molecule has 0 saturated carbocycles. The Kier molecular flexibility index (Phi) is 12.8. The standard InChI is InChI=1S/C30H42ClN3O3/c1-3-4-5-6-7-8-9-10-11-12-29(35)37-20-19-32-17-18-33-30-25-15-13-23(31)21-28(25)34-27-16-14-24(36-2)22-26(27)30/h13-16,21-22,32H,3-12,17-20H2,1-2H3,(H,33,34). The molecular weight excluding hydrogens is 486 g/mol. The summed E-state index contributed by atoms with van der Waals surface area (Å²) in [6.45, 7) is 4.72. The molecule has 3 rings (SSSR count). The molecule has 0 unspecified atom stereocenters. The van der Waals surface area contributed by atoms with E-state index in [1.54, 1.807) is 7.11 Å². The second-order valence-electron chi connectivity index (χ2n) is 9.51. The second kappa shape index (κ2) is 16.3. The third-order valence-electron chi connectivity index (χ3n) is 6.57. The molecule has 1 heterocycles. The molecule has 0 amide bonds. The largest absolute Gasteiger partial charge is 0.497 e. The summed E-state index contributed by atoms with van der Waals surface area (Å²) in [6, 6.07) is 11.6. The van der Waals surface area contributed by atoms with Crippen molar-refractivity contribution < 1.29 is 14.3 Å². The average Bonchev–Trinajstić information content (AvgIpc) is 2.90. The minimum Gasteiger partial charge on any atom is -0.497 e. The third-order valence-corrected chi connectivity index (χ3v) is 6.81. The summed E-state index contributed by atoms with van der Waals surface area (Å²) in [6.07, 6.45) is 11.7. The number of esters is 1. The minimum absolute atomic E-state index is 0.0924. The van der Waals surface area contributed by atoms with Gasteiger partial charge in [-0.2, -0.15) is 0 Å². The summed E-state index contributed by atoms with van der Waals surface area (Å²) in [5.41, 5.74) is 2.73. The quantitative estimate of drug-likeness (QED) is 0.101. The summed E-state index contributed by atoms with van der Waals surface area (Å²) < 4.78 is 10.8. The van der Waals surface area contributed by atoms with Crippen molar-refractivity contribution in [2.75, 3.05) is 38.7 Å². The molecule has 0 aliphatic carbocycles. The van der Waals surface area contributed by atoms with Gasteiger partial charge in [-0.3, -0.25) is 4.79 Å². The van der Waals surface area contributed by atoms with Gasteiger partial charge in [-0.25, -0.2) is 4.98 Å².